The first-order valence-electron chi connectivity index (χ1n) is 11.1. The molecule has 0 atom stereocenters. The lowest BCUT2D eigenvalue weighted by atomic mass is 10.1. The van der Waals surface area contributed by atoms with Gasteiger partial charge < -0.3 is 24.6 Å². The number of hydrogen-bond donors (Lipinski definition) is 1. The highest BCUT2D eigenvalue weighted by atomic mass is 16.5. The highest BCUT2D eigenvalue weighted by Gasteiger charge is 2.26. The average Bonchev–Trinajstić information content (AvgIpc) is 2.91. The van der Waals surface area contributed by atoms with Gasteiger partial charge in [0.1, 0.15) is 17.3 Å². The van der Waals surface area contributed by atoms with Crippen LogP contribution in [0.2, 0.25) is 0 Å². The molecule has 1 aliphatic heterocycles. The molecule has 0 bridgehead atoms. The molecule has 0 aliphatic carbocycles. The van der Waals surface area contributed by atoms with Crippen LogP contribution in [-0.4, -0.2) is 62.1 Å². The number of ether oxygens (including phenoxy) is 2. The Morgan fingerprint density at radius 1 is 0.882 bits per heavy atom. The number of carbonyl (C=O) groups is 2. The second-order valence-corrected chi connectivity index (χ2v) is 7.88. The molecule has 0 saturated carbocycles. The van der Waals surface area contributed by atoms with Gasteiger partial charge in [-0.05, 0) is 42.0 Å². The van der Waals surface area contributed by atoms with Gasteiger partial charge in [-0.25, -0.2) is 4.98 Å². The van der Waals surface area contributed by atoms with Gasteiger partial charge in [-0.3, -0.25) is 9.59 Å². The second-order valence-electron chi connectivity index (χ2n) is 7.88. The van der Waals surface area contributed by atoms with Gasteiger partial charge in [0.05, 0.1) is 25.3 Å². The molecule has 3 aromatic rings. The number of hydrogen-bond acceptors (Lipinski definition) is 6. The molecule has 1 saturated heterocycles. The molecular formula is C26H28N4O4. The Morgan fingerprint density at radius 2 is 1.59 bits per heavy atom. The maximum atomic E-state index is 13.0. The van der Waals surface area contributed by atoms with Crippen LogP contribution in [0.5, 0.6) is 11.5 Å². The zero-order valence-electron chi connectivity index (χ0n) is 19.4. The van der Waals surface area contributed by atoms with E-state index in [1.807, 2.05) is 41.3 Å². The lowest BCUT2D eigenvalue weighted by Crippen LogP contribution is -2.49. The van der Waals surface area contributed by atoms with Crippen LogP contribution in [-0.2, 0) is 6.54 Å². The van der Waals surface area contributed by atoms with Crippen LogP contribution >= 0.6 is 0 Å². The normalized spacial score (nSPS) is 13.4. The summed E-state index contributed by atoms with van der Waals surface area (Å²) in [5.74, 6) is 1.71. The predicted octanol–water partition coefficient (Wildman–Crippen LogP) is 2.99. The van der Waals surface area contributed by atoms with Crippen LogP contribution in [0.25, 0.3) is 0 Å². The van der Waals surface area contributed by atoms with Gasteiger partial charge in [0, 0.05) is 38.9 Å². The van der Waals surface area contributed by atoms with E-state index in [0.717, 1.165) is 11.3 Å². The number of anilines is 1. The number of piperazine rings is 1. The van der Waals surface area contributed by atoms with Crippen LogP contribution in [0.4, 0.5) is 5.82 Å². The van der Waals surface area contributed by atoms with Crippen molar-refractivity contribution in [1.29, 1.82) is 0 Å². The summed E-state index contributed by atoms with van der Waals surface area (Å²) in [6, 6.07) is 18.3. The summed E-state index contributed by atoms with van der Waals surface area (Å²) in [7, 11) is 3.18. The van der Waals surface area contributed by atoms with Crippen LogP contribution in [0.15, 0.2) is 66.9 Å². The monoisotopic (exact) mass is 460 g/mol. The second kappa shape index (κ2) is 10.7. The third-order valence-corrected chi connectivity index (χ3v) is 5.85. The van der Waals surface area contributed by atoms with E-state index in [2.05, 4.69) is 10.3 Å². The van der Waals surface area contributed by atoms with Crippen LogP contribution in [0.1, 0.15) is 26.3 Å². The molecule has 0 spiro atoms. The smallest absolute Gasteiger partial charge is 0.257 e. The van der Waals surface area contributed by atoms with Crippen molar-refractivity contribution < 1.29 is 19.1 Å². The van der Waals surface area contributed by atoms with Gasteiger partial charge >= 0.3 is 0 Å². The van der Waals surface area contributed by atoms with E-state index in [1.165, 1.54) is 0 Å². The maximum absolute atomic E-state index is 13.0. The Morgan fingerprint density at radius 3 is 2.29 bits per heavy atom. The molecule has 2 heterocycles. The van der Waals surface area contributed by atoms with Gasteiger partial charge in [0.15, 0.2) is 0 Å². The van der Waals surface area contributed by atoms with Crippen molar-refractivity contribution in [3.8, 4) is 11.5 Å². The van der Waals surface area contributed by atoms with E-state index in [-0.39, 0.29) is 11.8 Å². The van der Waals surface area contributed by atoms with Gasteiger partial charge in [0.25, 0.3) is 11.8 Å². The summed E-state index contributed by atoms with van der Waals surface area (Å²) in [4.78, 5) is 34.3. The lowest BCUT2D eigenvalue weighted by molar-refractivity contribution is 0.0742. The molecule has 0 radical (unpaired) electrons. The Labute approximate surface area is 199 Å². The molecule has 8 nitrogen and oxygen atoms in total. The number of rotatable bonds is 7. The number of aromatic nitrogens is 1. The van der Waals surface area contributed by atoms with Gasteiger partial charge in [0.2, 0.25) is 0 Å². The molecular weight excluding hydrogens is 432 g/mol. The number of methoxy groups -OCH3 is 2. The molecule has 1 fully saturated rings. The van der Waals surface area contributed by atoms with E-state index in [0.29, 0.717) is 55.4 Å². The first kappa shape index (κ1) is 23.1. The van der Waals surface area contributed by atoms with E-state index in [4.69, 9.17) is 9.47 Å². The maximum Gasteiger partial charge on any atom is 0.257 e. The summed E-state index contributed by atoms with van der Waals surface area (Å²) in [6.45, 7) is 2.62. The van der Waals surface area contributed by atoms with E-state index in [1.54, 1.807) is 49.6 Å². The van der Waals surface area contributed by atoms with Crippen LogP contribution in [0, 0.1) is 0 Å². The van der Waals surface area contributed by atoms with Crippen molar-refractivity contribution in [3.05, 3.63) is 83.6 Å². The molecule has 34 heavy (non-hydrogen) atoms. The number of pyridine rings is 1. The van der Waals surface area contributed by atoms with Crippen molar-refractivity contribution in [1.82, 2.24) is 15.2 Å². The number of para-hydroxylation sites is 1. The fraction of sp³-hybridized carbons (Fsp3) is 0.269. The minimum atomic E-state index is -0.188. The Kier molecular flexibility index (Phi) is 7.27. The SMILES string of the molecule is COc1ccc(CNC(=O)c2cccnc2N2CCN(C(=O)c3ccccc3OC)CC2)cc1. The summed E-state index contributed by atoms with van der Waals surface area (Å²) in [5, 5.41) is 2.97. The Balaban J connectivity index is 1.40. The number of benzene rings is 2. The number of nitrogens with one attached hydrogen (secondary N) is 1. The van der Waals surface area contributed by atoms with Gasteiger partial charge in [-0.2, -0.15) is 0 Å². The first-order valence-corrected chi connectivity index (χ1v) is 11.1. The molecule has 8 heteroatoms. The summed E-state index contributed by atoms with van der Waals surface area (Å²) < 4.78 is 10.5. The number of carbonyl (C=O) groups excluding carboxylic acids is 2. The predicted molar refractivity (Wildman–Crippen MR) is 130 cm³/mol. The summed E-state index contributed by atoms with van der Waals surface area (Å²) in [6.07, 6.45) is 1.68. The van der Waals surface area contributed by atoms with E-state index < -0.39 is 0 Å². The lowest BCUT2D eigenvalue weighted by Gasteiger charge is -2.36. The Hall–Kier alpha value is -4.07. The average molecular weight is 461 g/mol. The van der Waals surface area contributed by atoms with E-state index in [9.17, 15) is 9.59 Å². The molecule has 1 aromatic heterocycles. The van der Waals surface area contributed by atoms with Crippen molar-refractivity contribution >= 4 is 17.6 Å². The number of nitrogens with zero attached hydrogens (tertiary/aromatic N) is 3. The van der Waals surface area contributed by atoms with Gasteiger partial charge in [-0.1, -0.05) is 24.3 Å². The highest BCUT2D eigenvalue weighted by molar-refractivity contribution is 5.99. The van der Waals surface area contributed by atoms with E-state index >= 15 is 0 Å². The summed E-state index contributed by atoms with van der Waals surface area (Å²) in [5.41, 5.74) is 2.04. The molecule has 1 aliphatic rings. The van der Waals surface area contributed by atoms with Crippen molar-refractivity contribution in [2.75, 3.05) is 45.3 Å². The molecule has 1 N–H and O–H groups in total. The Bertz CT molecular complexity index is 1140. The van der Waals surface area contributed by atoms with Crippen LogP contribution in [0.3, 0.4) is 0 Å². The minimum Gasteiger partial charge on any atom is -0.497 e. The third kappa shape index (κ3) is 5.11. The fourth-order valence-corrected chi connectivity index (χ4v) is 3.96. The molecule has 0 unspecified atom stereocenters. The third-order valence-electron chi connectivity index (χ3n) is 5.85. The molecule has 176 valence electrons. The van der Waals surface area contributed by atoms with Crippen molar-refractivity contribution in [2.24, 2.45) is 0 Å². The topological polar surface area (TPSA) is 84.0 Å². The number of amides is 2. The first-order chi connectivity index (χ1) is 16.6. The standard InChI is InChI=1S/C26H28N4O4/c1-33-20-11-9-19(10-12-20)18-28-25(31)22-7-5-13-27-24(22)29-14-16-30(17-15-29)26(32)21-6-3-4-8-23(21)34-2/h3-13H,14-18H2,1-2H3,(H,28,31). The molecule has 4 rings (SSSR count). The van der Waals surface area contributed by atoms with Crippen molar-refractivity contribution in [2.45, 2.75) is 6.54 Å². The largest absolute Gasteiger partial charge is 0.497 e. The van der Waals surface area contributed by atoms with Gasteiger partial charge in [-0.15, -0.1) is 0 Å². The zero-order valence-corrected chi connectivity index (χ0v) is 19.4. The summed E-state index contributed by atoms with van der Waals surface area (Å²) >= 11 is 0. The van der Waals surface area contributed by atoms with Crippen molar-refractivity contribution in [3.63, 3.8) is 0 Å². The molecule has 2 amide bonds. The quantitative estimate of drug-likeness (QED) is 0.584. The fourth-order valence-electron chi connectivity index (χ4n) is 3.96. The zero-order chi connectivity index (χ0) is 23.9. The molecule has 2 aromatic carbocycles. The highest BCUT2D eigenvalue weighted by Crippen LogP contribution is 2.23. The van der Waals surface area contributed by atoms with Crippen LogP contribution < -0.4 is 19.7 Å². The minimum absolute atomic E-state index is 0.0596.